The zero-order valence-electron chi connectivity index (χ0n) is 8.87. The zero-order chi connectivity index (χ0) is 12.0. The Morgan fingerprint density at radius 2 is 2.25 bits per heavy atom. The number of hydrogen-bond acceptors (Lipinski definition) is 2. The molecule has 16 heavy (non-hydrogen) atoms. The third-order valence-electron chi connectivity index (χ3n) is 2.01. The number of benzene rings is 1. The number of ether oxygens (including phenoxy) is 1. The molecule has 0 saturated heterocycles. The zero-order valence-corrected chi connectivity index (χ0v) is 11.2. The first-order valence-electron chi connectivity index (χ1n) is 4.79. The minimum Gasteiger partial charge on any atom is -0.383 e. The molecule has 0 aliphatic carbocycles. The second kappa shape index (κ2) is 6.89. The second-order valence-corrected chi connectivity index (χ2v) is 4.42. The van der Waals surface area contributed by atoms with E-state index in [2.05, 4.69) is 21.2 Å². The fraction of sp³-hybridized carbons (Fsp3) is 0.364. The summed E-state index contributed by atoms with van der Waals surface area (Å²) in [6.45, 7) is 0.402. The fourth-order valence-electron chi connectivity index (χ4n) is 1.23. The van der Waals surface area contributed by atoms with Crippen LogP contribution in [0.2, 0.25) is 0 Å². The van der Waals surface area contributed by atoms with Gasteiger partial charge < -0.3 is 10.1 Å². The van der Waals surface area contributed by atoms with Crippen molar-refractivity contribution in [1.29, 1.82) is 0 Å². The first kappa shape index (κ1) is 13.5. The highest BCUT2D eigenvalue weighted by molar-refractivity contribution is 9.10. The molecule has 3 nitrogen and oxygen atoms in total. The van der Waals surface area contributed by atoms with Gasteiger partial charge in [0.05, 0.1) is 18.2 Å². The molecular weight excluding hydrogens is 293 g/mol. The molecule has 0 radical (unpaired) electrons. The van der Waals surface area contributed by atoms with Gasteiger partial charge >= 0.3 is 0 Å². The van der Waals surface area contributed by atoms with Crippen molar-refractivity contribution in [2.24, 2.45) is 0 Å². The quantitative estimate of drug-likeness (QED) is 0.849. The molecule has 0 aliphatic heterocycles. The molecule has 1 aromatic carbocycles. The first-order valence-corrected chi connectivity index (χ1v) is 6.12. The van der Waals surface area contributed by atoms with E-state index in [1.165, 1.54) is 0 Å². The summed E-state index contributed by atoms with van der Waals surface area (Å²) in [5, 5.41) is 2.80. The van der Waals surface area contributed by atoms with Crippen LogP contribution in [0.25, 0.3) is 0 Å². The summed E-state index contributed by atoms with van der Waals surface area (Å²) in [6, 6.07) is 7.06. The highest BCUT2D eigenvalue weighted by atomic mass is 79.9. The van der Waals surface area contributed by atoms with E-state index >= 15 is 0 Å². The molecule has 0 fully saturated rings. The molecule has 1 rings (SSSR count). The van der Waals surface area contributed by atoms with Gasteiger partial charge in [0.25, 0.3) is 5.91 Å². The van der Waals surface area contributed by atoms with E-state index in [1.54, 1.807) is 13.2 Å². The van der Waals surface area contributed by atoms with E-state index in [1.807, 2.05) is 18.2 Å². The number of carbonyl (C=O) groups excluding carboxylic acids is 1. The molecule has 0 bridgehead atoms. The topological polar surface area (TPSA) is 38.3 Å². The SMILES string of the molecule is COCC(CCl)NC(=O)c1ccccc1Br. The van der Waals surface area contributed by atoms with Crippen LogP contribution in [0.4, 0.5) is 0 Å². The smallest absolute Gasteiger partial charge is 0.252 e. The summed E-state index contributed by atoms with van der Waals surface area (Å²) in [5.41, 5.74) is 0.591. The number of nitrogens with one attached hydrogen (secondary N) is 1. The monoisotopic (exact) mass is 305 g/mol. The maximum Gasteiger partial charge on any atom is 0.252 e. The number of hydrogen-bond donors (Lipinski definition) is 1. The van der Waals surface area contributed by atoms with Gasteiger partial charge in [-0.1, -0.05) is 12.1 Å². The highest BCUT2D eigenvalue weighted by Crippen LogP contribution is 2.15. The second-order valence-electron chi connectivity index (χ2n) is 3.26. The molecule has 1 unspecified atom stereocenters. The van der Waals surface area contributed by atoms with Gasteiger partial charge in [0.15, 0.2) is 0 Å². The summed E-state index contributed by atoms with van der Waals surface area (Å²) in [5.74, 6) is 0.166. The largest absolute Gasteiger partial charge is 0.383 e. The van der Waals surface area contributed by atoms with Crippen LogP contribution >= 0.6 is 27.5 Å². The summed E-state index contributed by atoms with van der Waals surface area (Å²) in [4.78, 5) is 11.9. The predicted octanol–water partition coefficient (Wildman–Crippen LogP) is 2.43. The first-order chi connectivity index (χ1) is 7.69. The molecule has 0 aliphatic rings. The predicted molar refractivity (Wildman–Crippen MR) is 68.0 cm³/mol. The van der Waals surface area contributed by atoms with E-state index < -0.39 is 0 Å². The Labute approximate surface area is 108 Å². The van der Waals surface area contributed by atoms with Crippen molar-refractivity contribution in [3.8, 4) is 0 Å². The van der Waals surface area contributed by atoms with E-state index in [4.69, 9.17) is 16.3 Å². The van der Waals surface area contributed by atoms with Crippen LogP contribution < -0.4 is 5.32 Å². The number of alkyl halides is 1. The Kier molecular flexibility index (Phi) is 5.80. The normalized spacial score (nSPS) is 12.2. The summed E-state index contributed by atoms with van der Waals surface area (Å²) >= 11 is 9.03. The molecule has 1 atom stereocenters. The van der Waals surface area contributed by atoms with Crippen LogP contribution in [0.1, 0.15) is 10.4 Å². The van der Waals surface area contributed by atoms with E-state index in [-0.39, 0.29) is 11.9 Å². The van der Waals surface area contributed by atoms with Crippen LogP contribution in [0.3, 0.4) is 0 Å². The number of rotatable bonds is 5. The van der Waals surface area contributed by atoms with Crippen molar-refractivity contribution in [3.05, 3.63) is 34.3 Å². The average Bonchev–Trinajstić information content (AvgIpc) is 2.28. The van der Waals surface area contributed by atoms with Crippen molar-refractivity contribution in [3.63, 3.8) is 0 Å². The molecule has 0 saturated carbocycles. The molecule has 1 N–H and O–H groups in total. The third kappa shape index (κ3) is 3.77. The van der Waals surface area contributed by atoms with Crippen molar-refractivity contribution in [2.75, 3.05) is 19.6 Å². The van der Waals surface area contributed by atoms with Gasteiger partial charge in [-0.3, -0.25) is 4.79 Å². The van der Waals surface area contributed by atoms with E-state index in [0.29, 0.717) is 18.1 Å². The Hall–Kier alpha value is -0.580. The lowest BCUT2D eigenvalue weighted by molar-refractivity contribution is 0.0906. The standard InChI is InChI=1S/C11H13BrClNO2/c1-16-7-8(6-13)14-11(15)9-4-2-3-5-10(9)12/h2-5,8H,6-7H2,1H3,(H,14,15). The molecule has 1 amide bonds. The summed E-state index contributed by atoms with van der Waals surface area (Å²) < 4.78 is 5.71. The minimum absolute atomic E-state index is 0.157. The number of amides is 1. The molecule has 0 spiro atoms. The average molecular weight is 307 g/mol. The maximum absolute atomic E-state index is 11.9. The van der Waals surface area contributed by atoms with Crippen molar-refractivity contribution in [1.82, 2.24) is 5.32 Å². The molecule has 0 heterocycles. The third-order valence-corrected chi connectivity index (χ3v) is 3.07. The fourth-order valence-corrected chi connectivity index (χ4v) is 1.87. The van der Waals surface area contributed by atoms with E-state index in [0.717, 1.165) is 4.47 Å². The number of methoxy groups -OCH3 is 1. The van der Waals surface area contributed by atoms with Crippen LogP contribution in [0, 0.1) is 0 Å². The van der Waals surface area contributed by atoms with Gasteiger partial charge in [0, 0.05) is 17.5 Å². The molecule has 88 valence electrons. The lowest BCUT2D eigenvalue weighted by Crippen LogP contribution is -2.39. The number of halogens is 2. The number of carbonyl (C=O) groups is 1. The highest BCUT2D eigenvalue weighted by Gasteiger charge is 2.14. The van der Waals surface area contributed by atoms with Crippen molar-refractivity contribution in [2.45, 2.75) is 6.04 Å². The molecule has 5 heteroatoms. The Bertz CT molecular complexity index is 360. The van der Waals surface area contributed by atoms with Crippen LogP contribution in [-0.2, 0) is 4.74 Å². The lowest BCUT2D eigenvalue weighted by atomic mass is 10.2. The minimum atomic E-state index is -0.175. The van der Waals surface area contributed by atoms with Crippen LogP contribution in [0.15, 0.2) is 28.7 Å². The van der Waals surface area contributed by atoms with Crippen molar-refractivity contribution < 1.29 is 9.53 Å². The maximum atomic E-state index is 11.9. The van der Waals surface area contributed by atoms with Crippen molar-refractivity contribution >= 4 is 33.4 Å². The van der Waals surface area contributed by atoms with Gasteiger partial charge in [0.2, 0.25) is 0 Å². The summed E-state index contributed by atoms with van der Waals surface area (Å²) in [6.07, 6.45) is 0. The van der Waals surface area contributed by atoms with Crippen LogP contribution in [0.5, 0.6) is 0 Å². The van der Waals surface area contributed by atoms with Gasteiger partial charge in [-0.15, -0.1) is 11.6 Å². The van der Waals surface area contributed by atoms with Gasteiger partial charge in [-0.05, 0) is 28.1 Å². The Morgan fingerprint density at radius 3 is 2.81 bits per heavy atom. The Morgan fingerprint density at radius 1 is 1.56 bits per heavy atom. The molecule has 0 aromatic heterocycles. The van der Waals surface area contributed by atoms with Gasteiger partial charge in [-0.2, -0.15) is 0 Å². The lowest BCUT2D eigenvalue weighted by Gasteiger charge is -2.15. The summed E-state index contributed by atoms with van der Waals surface area (Å²) in [7, 11) is 1.57. The van der Waals surface area contributed by atoms with Crippen LogP contribution in [-0.4, -0.2) is 31.5 Å². The van der Waals surface area contributed by atoms with Gasteiger partial charge in [-0.25, -0.2) is 0 Å². The van der Waals surface area contributed by atoms with Gasteiger partial charge in [0.1, 0.15) is 0 Å². The van der Waals surface area contributed by atoms with E-state index in [9.17, 15) is 4.79 Å². The Balaban J connectivity index is 2.68. The molecule has 1 aromatic rings. The molecular formula is C11H13BrClNO2.